The third kappa shape index (κ3) is 4.09. The monoisotopic (exact) mass is 489 g/mol. The number of carbonyl (C=O) groups is 2. The molecule has 34 heavy (non-hydrogen) atoms. The molecule has 0 radical (unpaired) electrons. The van der Waals surface area contributed by atoms with Crippen LogP contribution in [0.25, 0.3) is 10.9 Å². The second-order valence-electron chi connectivity index (χ2n) is 7.90. The van der Waals surface area contributed by atoms with Crippen molar-refractivity contribution in [2.24, 2.45) is 0 Å². The fraction of sp³-hybridized carbons (Fsp3) is 0.417. The second kappa shape index (κ2) is 9.97. The van der Waals surface area contributed by atoms with Gasteiger partial charge in [-0.15, -0.1) is 0 Å². The van der Waals surface area contributed by atoms with Crippen molar-refractivity contribution in [1.29, 1.82) is 0 Å². The van der Waals surface area contributed by atoms with Gasteiger partial charge < -0.3 is 14.8 Å². The molecular formula is C24H29ClFN5O3. The first-order valence-corrected chi connectivity index (χ1v) is 11.7. The number of benzene rings is 1. The van der Waals surface area contributed by atoms with E-state index in [0.717, 1.165) is 4.68 Å². The fourth-order valence-electron chi connectivity index (χ4n) is 4.35. The van der Waals surface area contributed by atoms with Crippen LogP contribution in [0.5, 0.6) is 0 Å². The van der Waals surface area contributed by atoms with Gasteiger partial charge in [0.25, 0.3) is 17.4 Å². The first kappa shape index (κ1) is 25.4. The standard InChI is InChI=1S/C22H23ClFN5O3.C2H6/c1-5-27-9-11(2)29-18(22(27)32)12(3)16-19(29)17(20(30)25-4)26-28(21(16)31)10-13-6-7-15(24)14(23)8-13;1-2/h6-8,11H,5,9-10H2,1-4H3,(H,25,30);1-2H3. The highest BCUT2D eigenvalue weighted by atomic mass is 35.5. The molecule has 0 bridgehead atoms. The Balaban J connectivity index is 0.00000158. The molecule has 0 aliphatic carbocycles. The lowest BCUT2D eigenvalue weighted by Crippen LogP contribution is -2.42. The highest BCUT2D eigenvalue weighted by Gasteiger charge is 2.35. The number of hydrogen-bond donors (Lipinski definition) is 1. The van der Waals surface area contributed by atoms with Crippen molar-refractivity contribution in [1.82, 2.24) is 24.6 Å². The minimum atomic E-state index is -0.568. The van der Waals surface area contributed by atoms with Gasteiger partial charge >= 0.3 is 0 Å². The molecule has 3 aromatic rings. The lowest BCUT2D eigenvalue weighted by Gasteiger charge is -2.33. The van der Waals surface area contributed by atoms with E-state index < -0.39 is 17.3 Å². The minimum absolute atomic E-state index is 0.0106. The number of aromatic nitrogens is 3. The number of amides is 2. The zero-order valence-electron chi connectivity index (χ0n) is 20.2. The fourth-order valence-corrected chi connectivity index (χ4v) is 4.55. The van der Waals surface area contributed by atoms with Crippen molar-refractivity contribution >= 4 is 34.3 Å². The van der Waals surface area contributed by atoms with Gasteiger partial charge in [0, 0.05) is 26.2 Å². The molecule has 8 nitrogen and oxygen atoms in total. The van der Waals surface area contributed by atoms with Gasteiger partial charge in [0.2, 0.25) is 0 Å². The van der Waals surface area contributed by atoms with Gasteiger partial charge in [0.1, 0.15) is 11.5 Å². The third-order valence-electron chi connectivity index (χ3n) is 5.90. The van der Waals surface area contributed by atoms with Crippen LogP contribution in [0.3, 0.4) is 0 Å². The van der Waals surface area contributed by atoms with Crippen molar-refractivity contribution in [3.05, 3.63) is 61.9 Å². The van der Waals surface area contributed by atoms with Gasteiger partial charge in [0.05, 0.1) is 22.5 Å². The van der Waals surface area contributed by atoms with Crippen LogP contribution in [0.4, 0.5) is 4.39 Å². The maximum Gasteiger partial charge on any atom is 0.276 e. The van der Waals surface area contributed by atoms with Gasteiger partial charge in [-0.1, -0.05) is 31.5 Å². The lowest BCUT2D eigenvalue weighted by molar-refractivity contribution is 0.0688. The van der Waals surface area contributed by atoms with Gasteiger partial charge in [-0.25, -0.2) is 9.07 Å². The molecule has 2 aromatic heterocycles. The Labute approximate surface area is 202 Å². The molecule has 0 fully saturated rings. The highest BCUT2D eigenvalue weighted by Crippen LogP contribution is 2.33. The molecule has 1 unspecified atom stereocenters. The van der Waals surface area contributed by atoms with Gasteiger partial charge in [-0.2, -0.15) is 5.10 Å². The molecule has 2 amide bonds. The molecule has 182 valence electrons. The SMILES string of the molecule is CC.CCN1CC(C)n2c(c(C)c3c(=O)n(Cc4ccc(F)c(Cl)c4)nc(C(=O)NC)c32)C1=O. The maximum atomic E-state index is 13.6. The van der Waals surface area contributed by atoms with Crippen LogP contribution < -0.4 is 10.9 Å². The summed E-state index contributed by atoms with van der Waals surface area (Å²) >= 11 is 5.88. The van der Waals surface area contributed by atoms with Crippen LogP contribution in [0.2, 0.25) is 5.02 Å². The number of rotatable bonds is 4. The van der Waals surface area contributed by atoms with E-state index >= 15 is 0 Å². The molecule has 4 rings (SSSR count). The smallest absolute Gasteiger partial charge is 0.276 e. The summed E-state index contributed by atoms with van der Waals surface area (Å²) in [6, 6.07) is 3.98. The van der Waals surface area contributed by atoms with Gasteiger partial charge in [-0.05, 0) is 44.0 Å². The van der Waals surface area contributed by atoms with E-state index in [1.807, 2.05) is 27.7 Å². The average Bonchev–Trinajstić information content (AvgIpc) is 3.15. The largest absolute Gasteiger partial charge is 0.354 e. The number of aryl methyl sites for hydroxylation is 1. The van der Waals surface area contributed by atoms with Crippen molar-refractivity contribution in [2.75, 3.05) is 20.1 Å². The summed E-state index contributed by atoms with van der Waals surface area (Å²) in [6.45, 7) is 10.6. The molecule has 10 heteroatoms. The maximum absolute atomic E-state index is 13.6. The van der Waals surface area contributed by atoms with E-state index in [-0.39, 0.29) is 34.6 Å². The summed E-state index contributed by atoms with van der Waals surface area (Å²) in [4.78, 5) is 41.1. The number of likely N-dealkylation sites (N-methyl/N-ethyl adjacent to an activating group) is 1. The summed E-state index contributed by atoms with van der Waals surface area (Å²) in [7, 11) is 1.48. The summed E-state index contributed by atoms with van der Waals surface area (Å²) in [5, 5.41) is 7.12. The normalized spacial score (nSPS) is 15.1. The molecule has 0 saturated heterocycles. The predicted molar refractivity (Wildman–Crippen MR) is 130 cm³/mol. The second-order valence-corrected chi connectivity index (χ2v) is 8.31. The zero-order valence-corrected chi connectivity index (χ0v) is 21.0. The van der Waals surface area contributed by atoms with E-state index in [4.69, 9.17) is 11.6 Å². The average molecular weight is 490 g/mol. The van der Waals surface area contributed by atoms with E-state index in [9.17, 15) is 18.8 Å². The first-order chi connectivity index (χ1) is 16.2. The molecular weight excluding hydrogens is 461 g/mol. The van der Waals surface area contributed by atoms with Crippen LogP contribution in [0, 0.1) is 12.7 Å². The Hall–Kier alpha value is -3.20. The third-order valence-corrected chi connectivity index (χ3v) is 6.19. The van der Waals surface area contributed by atoms with E-state index in [1.165, 1.54) is 25.2 Å². The Kier molecular flexibility index (Phi) is 7.45. The molecule has 0 spiro atoms. The van der Waals surface area contributed by atoms with Crippen molar-refractivity contribution in [2.45, 2.75) is 47.2 Å². The molecule has 1 atom stereocenters. The number of nitrogens with zero attached hydrogens (tertiary/aromatic N) is 4. The Morgan fingerprint density at radius 3 is 2.56 bits per heavy atom. The molecule has 0 saturated carbocycles. The van der Waals surface area contributed by atoms with Crippen LogP contribution in [0.1, 0.15) is 65.8 Å². The molecule has 1 aliphatic heterocycles. The quantitative estimate of drug-likeness (QED) is 0.604. The Morgan fingerprint density at radius 2 is 1.97 bits per heavy atom. The Morgan fingerprint density at radius 1 is 1.29 bits per heavy atom. The lowest BCUT2D eigenvalue weighted by atomic mass is 10.1. The number of carbonyl (C=O) groups excluding carboxylic acids is 2. The van der Waals surface area contributed by atoms with E-state index in [0.29, 0.717) is 35.4 Å². The Bertz CT molecular complexity index is 1330. The van der Waals surface area contributed by atoms with Gasteiger partial charge in [0.15, 0.2) is 5.69 Å². The van der Waals surface area contributed by atoms with Crippen molar-refractivity contribution < 1.29 is 14.0 Å². The molecule has 3 heterocycles. The van der Waals surface area contributed by atoms with Crippen molar-refractivity contribution in [3.63, 3.8) is 0 Å². The van der Waals surface area contributed by atoms with Crippen LogP contribution in [-0.4, -0.2) is 51.2 Å². The molecule has 1 aliphatic rings. The highest BCUT2D eigenvalue weighted by molar-refractivity contribution is 6.30. The number of halogens is 2. The predicted octanol–water partition coefficient (Wildman–Crippen LogP) is 3.77. The molecule has 1 N–H and O–H groups in total. The zero-order chi connectivity index (χ0) is 25.3. The number of nitrogens with one attached hydrogen (secondary N) is 1. The summed E-state index contributed by atoms with van der Waals surface area (Å²) in [6.07, 6.45) is 0. The van der Waals surface area contributed by atoms with Crippen molar-refractivity contribution in [3.8, 4) is 0 Å². The molecule has 1 aromatic carbocycles. The number of hydrogen-bond acceptors (Lipinski definition) is 4. The summed E-state index contributed by atoms with van der Waals surface area (Å²) in [5.74, 6) is -1.22. The van der Waals surface area contributed by atoms with E-state index in [2.05, 4.69) is 10.4 Å². The topological polar surface area (TPSA) is 89.2 Å². The summed E-state index contributed by atoms with van der Waals surface area (Å²) in [5.41, 5.74) is 1.43. The van der Waals surface area contributed by atoms with E-state index in [1.54, 1.807) is 16.4 Å². The van der Waals surface area contributed by atoms with Gasteiger partial charge in [-0.3, -0.25) is 14.4 Å². The number of fused-ring (bicyclic) bond motifs is 3. The first-order valence-electron chi connectivity index (χ1n) is 11.3. The summed E-state index contributed by atoms with van der Waals surface area (Å²) < 4.78 is 16.5. The minimum Gasteiger partial charge on any atom is -0.354 e. The van der Waals surface area contributed by atoms with Crippen LogP contribution >= 0.6 is 11.6 Å². The van der Waals surface area contributed by atoms with Crippen LogP contribution in [0.15, 0.2) is 23.0 Å². The van der Waals surface area contributed by atoms with Crippen LogP contribution in [-0.2, 0) is 6.54 Å².